The van der Waals surface area contributed by atoms with Crippen molar-refractivity contribution in [3.05, 3.63) is 23.5 Å². The van der Waals surface area contributed by atoms with Crippen molar-refractivity contribution >= 4 is 5.97 Å². The van der Waals surface area contributed by atoms with Crippen molar-refractivity contribution in [1.29, 1.82) is 0 Å². The Balaban J connectivity index is 0. The molecule has 0 saturated heterocycles. The fourth-order valence-electron chi connectivity index (χ4n) is 1.08. The number of ether oxygens (including phenoxy) is 2. The molecule has 0 aliphatic carbocycles. The molecule has 0 aromatic carbocycles. The summed E-state index contributed by atoms with van der Waals surface area (Å²) in [6.07, 6.45) is 1.74. The molecule has 17 heavy (non-hydrogen) atoms. The van der Waals surface area contributed by atoms with Crippen molar-refractivity contribution in [3.63, 3.8) is 0 Å². The largest absolute Gasteiger partial charge is 0.477 e. The minimum atomic E-state index is -0.930. The highest BCUT2D eigenvalue weighted by molar-refractivity contribution is 5.86. The minimum Gasteiger partial charge on any atom is -0.477 e. The maximum Gasteiger partial charge on any atom is 0.352 e. The summed E-state index contributed by atoms with van der Waals surface area (Å²) in [6.45, 7) is 6.12. The number of rotatable bonds is 3. The van der Waals surface area contributed by atoms with Gasteiger partial charge in [-0.05, 0) is 18.6 Å². The van der Waals surface area contributed by atoms with E-state index in [0.717, 1.165) is 5.56 Å². The molecule has 0 fully saturated rings. The standard InChI is InChI=1S/C8H11NO3.C2H6O.C2H6/c1-6-3-7(8(10)11)9(4-6)5-12-2;1-3-2;1-2/h3-4H,5H2,1-2H3,(H,10,11);1-2H3;1-2H3. The van der Waals surface area contributed by atoms with E-state index in [4.69, 9.17) is 9.84 Å². The molecule has 0 atom stereocenters. The van der Waals surface area contributed by atoms with E-state index in [1.54, 1.807) is 31.0 Å². The first-order valence-electron chi connectivity index (χ1n) is 5.36. The average molecular weight is 245 g/mol. The molecule has 1 N–H and O–H groups in total. The van der Waals surface area contributed by atoms with Gasteiger partial charge in [0.1, 0.15) is 12.4 Å². The molecule has 1 heterocycles. The van der Waals surface area contributed by atoms with Crippen LogP contribution in [0.1, 0.15) is 29.9 Å². The summed E-state index contributed by atoms with van der Waals surface area (Å²) < 4.78 is 10.6. The molecule has 0 saturated carbocycles. The predicted octanol–water partition coefficient (Wildman–Crippen LogP) is 2.39. The van der Waals surface area contributed by atoms with Crippen LogP contribution in [0.4, 0.5) is 0 Å². The zero-order chi connectivity index (χ0) is 13.8. The lowest BCUT2D eigenvalue weighted by Crippen LogP contribution is -2.08. The van der Waals surface area contributed by atoms with Gasteiger partial charge in [0.25, 0.3) is 0 Å². The minimum absolute atomic E-state index is 0.259. The van der Waals surface area contributed by atoms with E-state index >= 15 is 0 Å². The zero-order valence-electron chi connectivity index (χ0n) is 11.5. The van der Waals surface area contributed by atoms with Gasteiger partial charge in [-0.3, -0.25) is 0 Å². The van der Waals surface area contributed by atoms with Gasteiger partial charge in [0, 0.05) is 27.5 Å². The van der Waals surface area contributed by atoms with Crippen LogP contribution < -0.4 is 0 Å². The Bertz CT molecular complexity index is 307. The van der Waals surface area contributed by atoms with E-state index in [2.05, 4.69) is 4.74 Å². The molecule has 1 rings (SSSR count). The van der Waals surface area contributed by atoms with Crippen molar-refractivity contribution in [1.82, 2.24) is 4.57 Å². The third-order valence-corrected chi connectivity index (χ3v) is 1.52. The Morgan fingerprint density at radius 2 is 1.82 bits per heavy atom. The average Bonchev–Trinajstić information content (AvgIpc) is 2.64. The summed E-state index contributed by atoms with van der Waals surface area (Å²) in [4.78, 5) is 10.6. The van der Waals surface area contributed by atoms with Crippen molar-refractivity contribution in [2.24, 2.45) is 0 Å². The Morgan fingerprint density at radius 1 is 1.35 bits per heavy atom. The van der Waals surface area contributed by atoms with E-state index in [1.165, 1.54) is 7.11 Å². The normalized spacial score (nSPS) is 8.59. The van der Waals surface area contributed by atoms with Crippen LogP contribution in [0.2, 0.25) is 0 Å². The van der Waals surface area contributed by atoms with E-state index in [1.807, 2.05) is 20.8 Å². The molecular weight excluding hydrogens is 222 g/mol. The molecule has 5 heteroatoms. The second-order valence-electron chi connectivity index (χ2n) is 3.00. The monoisotopic (exact) mass is 245 g/mol. The second kappa shape index (κ2) is 11.2. The lowest BCUT2D eigenvalue weighted by atomic mass is 10.3. The highest BCUT2D eigenvalue weighted by atomic mass is 16.5. The van der Waals surface area contributed by atoms with Crippen LogP contribution in [0.15, 0.2) is 12.3 Å². The third-order valence-electron chi connectivity index (χ3n) is 1.52. The maximum absolute atomic E-state index is 10.6. The van der Waals surface area contributed by atoms with Gasteiger partial charge >= 0.3 is 5.97 Å². The Morgan fingerprint density at radius 3 is 2.18 bits per heavy atom. The fraction of sp³-hybridized carbons (Fsp3) is 0.583. The number of methoxy groups -OCH3 is 2. The predicted molar refractivity (Wildman–Crippen MR) is 67.4 cm³/mol. The number of carboxylic acid groups (broad SMARTS) is 1. The Hall–Kier alpha value is -1.33. The molecule has 1 aromatic rings. The van der Waals surface area contributed by atoms with Gasteiger partial charge in [-0.2, -0.15) is 0 Å². The van der Waals surface area contributed by atoms with E-state index in [9.17, 15) is 4.79 Å². The highest BCUT2D eigenvalue weighted by Crippen LogP contribution is 2.07. The molecule has 0 unspecified atom stereocenters. The van der Waals surface area contributed by atoms with Crippen LogP contribution in [-0.2, 0) is 16.2 Å². The van der Waals surface area contributed by atoms with E-state index in [0.29, 0.717) is 0 Å². The van der Waals surface area contributed by atoms with Gasteiger partial charge in [0.2, 0.25) is 0 Å². The number of aryl methyl sites for hydroxylation is 1. The number of aromatic carboxylic acids is 1. The van der Waals surface area contributed by atoms with Gasteiger partial charge in [-0.15, -0.1) is 0 Å². The summed E-state index contributed by atoms with van der Waals surface area (Å²) in [5, 5.41) is 8.73. The highest BCUT2D eigenvalue weighted by Gasteiger charge is 2.09. The summed E-state index contributed by atoms with van der Waals surface area (Å²) >= 11 is 0. The molecule has 100 valence electrons. The van der Waals surface area contributed by atoms with Gasteiger partial charge < -0.3 is 19.1 Å². The molecule has 0 radical (unpaired) electrons. The molecule has 0 aliphatic rings. The van der Waals surface area contributed by atoms with Crippen molar-refractivity contribution < 1.29 is 19.4 Å². The Labute approximate surface area is 103 Å². The number of aromatic nitrogens is 1. The van der Waals surface area contributed by atoms with Crippen LogP contribution in [0.3, 0.4) is 0 Å². The molecule has 0 aliphatic heterocycles. The number of hydrogen-bond donors (Lipinski definition) is 1. The molecule has 0 amide bonds. The number of hydrogen-bond acceptors (Lipinski definition) is 3. The molecule has 5 nitrogen and oxygen atoms in total. The maximum atomic E-state index is 10.6. The van der Waals surface area contributed by atoms with Gasteiger partial charge in [0.05, 0.1) is 0 Å². The number of carbonyl (C=O) groups is 1. The van der Waals surface area contributed by atoms with E-state index < -0.39 is 5.97 Å². The third kappa shape index (κ3) is 7.54. The summed E-state index contributed by atoms with van der Waals surface area (Å²) in [5.41, 5.74) is 1.18. The van der Waals surface area contributed by atoms with Crippen LogP contribution in [-0.4, -0.2) is 37.0 Å². The number of carboxylic acids is 1. The van der Waals surface area contributed by atoms with Crippen LogP contribution in [0.5, 0.6) is 0 Å². The first kappa shape index (κ1) is 18.0. The SMILES string of the molecule is CC.COC.COCn1cc(C)cc1C(=O)O. The molecule has 1 aromatic heterocycles. The van der Waals surface area contributed by atoms with Gasteiger partial charge in [0.15, 0.2) is 0 Å². The van der Waals surface area contributed by atoms with E-state index in [-0.39, 0.29) is 12.4 Å². The van der Waals surface area contributed by atoms with Gasteiger partial charge in [-0.1, -0.05) is 13.8 Å². The smallest absolute Gasteiger partial charge is 0.352 e. The lowest BCUT2D eigenvalue weighted by Gasteiger charge is -2.02. The molecule has 0 bridgehead atoms. The van der Waals surface area contributed by atoms with Crippen molar-refractivity contribution in [3.8, 4) is 0 Å². The van der Waals surface area contributed by atoms with Crippen LogP contribution in [0, 0.1) is 6.92 Å². The van der Waals surface area contributed by atoms with Crippen molar-refractivity contribution in [2.45, 2.75) is 27.5 Å². The summed E-state index contributed by atoms with van der Waals surface area (Å²) in [6, 6.07) is 1.61. The fourth-order valence-corrected chi connectivity index (χ4v) is 1.08. The Kier molecular flexibility index (Phi) is 11.9. The zero-order valence-corrected chi connectivity index (χ0v) is 11.5. The van der Waals surface area contributed by atoms with Crippen LogP contribution >= 0.6 is 0 Å². The first-order valence-corrected chi connectivity index (χ1v) is 5.36. The summed E-state index contributed by atoms with van der Waals surface area (Å²) in [5.74, 6) is -0.930. The summed E-state index contributed by atoms with van der Waals surface area (Å²) in [7, 11) is 4.78. The topological polar surface area (TPSA) is 60.7 Å². The number of nitrogens with zero attached hydrogens (tertiary/aromatic N) is 1. The first-order chi connectivity index (χ1) is 8.06. The van der Waals surface area contributed by atoms with Crippen LogP contribution in [0.25, 0.3) is 0 Å². The quantitative estimate of drug-likeness (QED) is 0.888. The lowest BCUT2D eigenvalue weighted by molar-refractivity contribution is 0.0661. The van der Waals surface area contributed by atoms with Gasteiger partial charge in [-0.25, -0.2) is 4.79 Å². The molecular formula is C12H23NO4. The second-order valence-corrected chi connectivity index (χ2v) is 3.00. The van der Waals surface area contributed by atoms with Crippen molar-refractivity contribution in [2.75, 3.05) is 21.3 Å². The molecule has 0 spiro atoms.